The summed E-state index contributed by atoms with van der Waals surface area (Å²) < 4.78 is 19.3. The molecule has 0 atom stereocenters. The summed E-state index contributed by atoms with van der Waals surface area (Å²) in [5.74, 6) is -0.829. The summed E-state index contributed by atoms with van der Waals surface area (Å²) in [6, 6.07) is 0. The molecule has 0 spiro atoms. The van der Waals surface area contributed by atoms with Gasteiger partial charge in [0.05, 0.1) is 19.8 Å². The molecule has 0 radical (unpaired) electrons. The Morgan fingerprint density at radius 1 is 0.929 bits per heavy atom. The van der Waals surface area contributed by atoms with E-state index in [-0.39, 0.29) is 26.2 Å². The van der Waals surface area contributed by atoms with Gasteiger partial charge in [-0.2, -0.15) is 0 Å². The molecule has 28 heavy (non-hydrogen) atoms. The Bertz CT molecular complexity index is 473. The van der Waals surface area contributed by atoms with Crippen LogP contribution in [0.1, 0.15) is 54.4 Å². The van der Waals surface area contributed by atoms with Crippen molar-refractivity contribution in [2.24, 2.45) is 0 Å². The van der Waals surface area contributed by atoms with Crippen molar-refractivity contribution in [3.05, 3.63) is 0 Å². The van der Waals surface area contributed by atoms with Crippen LogP contribution in [0.5, 0.6) is 0 Å². The Kier molecular flexibility index (Phi) is 12.9. The van der Waals surface area contributed by atoms with Gasteiger partial charge < -0.3 is 24.3 Å². The van der Waals surface area contributed by atoms with Crippen LogP contribution in [0.15, 0.2) is 0 Å². The molecule has 0 bridgehead atoms. The van der Waals surface area contributed by atoms with Gasteiger partial charge in [0.15, 0.2) is 0 Å². The molecule has 1 amide bonds. The van der Waals surface area contributed by atoms with Crippen molar-refractivity contribution in [1.29, 1.82) is 0 Å². The molecule has 0 saturated heterocycles. The van der Waals surface area contributed by atoms with E-state index in [1.165, 1.54) is 0 Å². The van der Waals surface area contributed by atoms with E-state index in [4.69, 9.17) is 18.9 Å². The number of rotatable bonds is 13. The lowest BCUT2D eigenvalue weighted by Crippen LogP contribution is -2.47. The highest BCUT2D eigenvalue weighted by Crippen LogP contribution is 2.34. The highest BCUT2D eigenvalue weighted by Gasteiger charge is 2.49. The van der Waals surface area contributed by atoms with E-state index in [1.807, 2.05) is 6.92 Å². The minimum absolute atomic E-state index is 0.155. The van der Waals surface area contributed by atoms with E-state index in [2.05, 4.69) is 5.32 Å². The van der Waals surface area contributed by atoms with Crippen molar-refractivity contribution in [3.63, 3.8) is 0 Å². The van der Waals surface area contributed by atoms with Crippen LogP contribution >= 0.6 is 11.8 Å². The van der Waals surface area contributed by atoms with Crippen LogP contribution in [0.4, 0.5) is 4.79 Å². The Labute approximate surface area is 172 Å². The van der Waals surface area contributed by atoms with E-state index in [1.54, 1.807) is 34.6 Å². The number of hydrogen-bond donors (Lipinski definition) is 1. The topological polar surface area (TPSA) is 100 Å². The lowest BCUT2D eigenvalue weighted by molar-refractivity contribution is -0.159. The number of alkyl carbamates (subject to hydrolysis) is 1. The predicted molar refractivity (Wildman–Crippen MR) is 108 cm³/mol. The number of amides is 1. The third-order valence-electron chi connectivity index (χ3n) is 3.36. The zero-order chi connectivity index (χ0) is 21.6. The van der Waals surface area contributed by atoms with Gasteiger partial charge in [-0.1, -0.05) is 0 Å². The molecule has 0 saturated carbocycles. The molecule has 1 N–H and O–H groups in total. The Hall–Kier alpha value is -1.48. The maximum atomic E-state index is 12.7. The van der Waals surface area contributed by atoms with Crippen LogP contribution in [0.3, 0.4) is 0 Å². The number of hydrogen-bond acceptors (Lipinski definition) is 8. The summed E-state index contributed by atoms with van der Waals surface area (Å²) in [4.78, 5) is 37.1. The molecular weight excluding hydrogens is 386 g/mol. The van der Waals surface area contributed by atoms with E-state index >= 15 is 0 Å². The third-order valence-corrected chi connectivity index (χ3v) is 4.77. The molecule has 0 fully saturated rings. The maximum Gasteiger partial charge on any atom is 0.407 e. The maximum absolute atomic E-state index is 12.7. The molecule has 0 rings (SSSR count). The van der Waals surface area contributed by atoms with Crippen molar-refractivity contribution in [2.75, 3.05) is 38.7 Å². The Balaban J connectivity index is 5.08. The second-order valence-electron chi connectivity index (χ2n) is 6.85. The first-order valence-electron chi connectivity index (χ1n) is 9.65. The fourth-order valence-corrected chi connectivity index (χ4v) is 3.43. The summed E-state index contributed by atoms with van der Waals surface area (Å²) in [7, 11) is 0. The smallest absolute Gasteiger partial charge is 0.407 e. The van der Waals surface area contributed by atoms with Crippen LogP contribution in [-0.2, 0) is 28.5 Å². The highest BCUT2D eigenvalue weighted by molar-refractivity contribution is 8.02. The molecule has 0 aliphatic carbocycles. The summed E-state index contributed by atoms with van der Waals surface area (Å²) >= 11 is 1.16. The summed E-state index contributed by atoms with van der Waals surface area (Å²) in [6.45, 7) is 12.1. The molecule has 0 aromatic rings. The standard InChI is InChI=1S/C19H35NO7S/c1-7-24-13-14-28-19(15(21)25-8-2,16(22)26-9-3)11-10-12-20-17(23)27-18(4,5)6/h7-14H2,1-6H3,(H,20,23). The van der Waals surface area contributed by atoms with Crippen molar-refractivity contribution < 1.29 is 33.3 Å². The van der Waals surface area contributed by atoms with Crippen LogP contribution in [0.25, 0.3) is 0 Å². The number of carbonyl (C=O) groups excluding carboxylic acids is 3. The monoisotopic (exact) mass is 421 g/mol. The molecule has 0 aromatic carbocycles. The number of thioether (sulfide) groups is 1. The SMILES string of the molecule is CCOCCSC(CCCNC(=O)OC(C)(C)C)(C(=O)OCC)C(=O)OCC. The summed E-state index contributed by atoms with van der Waals surface area (Å²) in [5, 5.41) is 2.63. The van der Waals surface area contributed by atoms with Crippen molar-refractivity contribution in [1.82, 2.24) is 5.32 Å². The second kappa shape index (κ2) is 13.7. The number of carbonyl (C=O) groups is 3. The van der Waals surface area contributed by atoms with Crippen LogP contribution in [0, 0.1) is 0 Å². The first kappa shape index (κ1) is 26.5. The normalized spacial score (nSPS) is 11.6. The molecule has 164 valence electrons. The van der Waals surface area contributed by atoms with Gasteiger partial charge in [-0.25, -0.2) is 14.4 Å². The van der Waals surface area contributed by atoms with Gasteiger partial charge in [0.2, 0.25) is 4.75 Å². The molecule has 8 nitrogen and oxygen atoms in total. The summed E-state index contributed by atoms with van der Waals surface area (Å²) in [5.41, 5.74) is -0.598. The highest BCUT2D eigenvalue weighted by atomic mass is 32.2. The molecule has 9 heteroatoms. The molecular formula is C19H35NO7S. The third kappa shape index (κ3) is 10.2. The lowest BCUT2D eigenvalue weighted by atomic mass is 10.0. The van der Waals surface area contributed by atoms with Crippen LogP contribution < -0.4 is 5.32 Å². The average molecular weight is 422 g/mol. The Morgan fingerprint density at radius 2 is 1.50 bits per heavy atom. The molecule has 0 aromatic heterocycles. The van der Waals surface area contributed by atoms with E-state index in [0.29, 0.717) is 25.4 Å². The van der Waals surface area contributed by atoms with E-state index in [9.17, 15) is 14.4 Å². The van der Waals surface area contributed by atoms with Crippen LogP contribution in [0.2, 0.25) is 0 Å². The average Bonchev–Trinajstić information content (AvgIpc) is 2.59. The second-order valence-corrected chi connectivity index (χ2v) is 8.24. The molecule has 0 aliphatic rings. The van der Waals surface area contributed by atoms with Crippen LogP contribution in [-0.4, -0.2) is 67.1 Å². The van der Waals surface area contributed by atoms with Gasteiger partial charge >= 0.3 is 18.0 Å². The summed E-state index contributed by atoms with van der Waals surface area (Å²) in [6.07, 6.45) is -0.00942. The first-order chi connectivity index (χ1) is 13.1. The van der Waals surface area contributed by atoms with Gasteiger partial charge in [-0.05, 0) is 54.4 Å². The first-order valence-corrected chi connectivity index (χ1v) is 10.6. The van der Waals surface area contributed by atoms with Gasteiger partial charge in [0.1, 0.15) is 5.60 Å². The fourth-order valence-electron chi connectivity index (χ4n) is 2.23. The van der Waals surface area contributed by atoms with Gasteiger partial charge in [-0.3, -0.25) is 0 Å². The minimum atomic E-state index is -1.49. The van der Waals surface area contributed by atoms with Gasteiger partial charge in [-0.15, -0.1) is 11.8 Å². The van der Waals surface area contributed by atoms with Crippen molar-refractivity contribution in [3.8, 4) is 0 Å². The van der Waals surface area contributed by atoms with Crippen molar-refractivity contribution in [2.45, 2.75) is 64.7 Å². The zero-order valence-corrected chi connectivity index (χ0v) is 18.7. The van der Waals surface area contributed by atoms with Crippen molar-refractivity contribution >= 4 is 29.8 Å². The molecule has 0 unspecified atom stereocenters. The quantitative estimate of drug-likeness (QED) is 0.210. The van der Waals surface area contributed by atoms with E-state index in [0.717, 1.165) is 11.8 Å². The lowest BCUT2D eigenvalue weighted by Gasteiger charge is -2.28. The number of nitrogens with one attached hydrogen (secondary N) is 1. The number of esters is 2. The molecule has 0 heterocycles. The van der Waals surface area contributed by atoms with Gasteiger partial charge in [0.25, 0.3) is 0 Å². The number of ether oxygens (including phenoxy) is 4. The fraction of sp³-hybridized carbons (Fsp3) is 0.842. The predicted octanol–water partition coefficient (Wildman–Crippen LogP) is 2.93. The zero-order valence-electron chi connectivity index (χ0n) is 17.9. The minimum Gasteiger partial charge on any atom is -0.465 e. The van der Waals surface area contributed by atoms with Gasteiger partial charge in [0, 0.05) is 18.9 Å². The molecule has 0 aliphatic heterocycles. The largest absolute Gasteiger partial charge is 0.465 e. The van der Waals surface area contributed by atoms with E-state index < -0.39 is 28.4 Å². The Morgan fingerprint density at radius 3 is 1.96 bits per heavy atom.